The van der Waals surface area contributed by atoms with Gasteiger partial charge in [0, 0.05) is 6.07 Å². The number of benzene rings is 1. The monoisotopic (exact) mass is 232 g/mol. The van der Waals surface area contributed by atoms with Gasteiger partial charge in [0.05, 0.1) is 10.0 Å². The van der Waals surface area contributed by atoms with Gasteiger partial charge >= 0.3 is 0 Å². The number of phenolic OH excluding ortho intramolecular Hbond substituents is 1. The van der Waals surface area contributed by atoms with Crippen molar-refractivity contribution in [2.75, 3.05) is 0 Å². The highest BCUT2D eigenvalue weighted by Crippen LogP contribution is 2.35. The molecule has 1 nitrogen and oxygen atoms in total. The molecule has 3 heteroatoms. The largest absolute Gasteiger partial charge is 0.508 e. The van der Waals surface area contributed by atoms with Crippen molar-refractivity contribution in [3.63, 3.8) is 0 Å². The molecule has 1 rings (SSSR count). The van der Waals surface area contributed by atoms with Crippen molar-refractivity contribution >= 4 is 23.2 Å². The molecule has 78 valence electrons. The van der Waals surface area contributed by atoms with Crippen LogP contribution in [0.2, 0.25) is 10.0 Å². The normalized spacial score (nSPS) is 12.9. The van der Waals surface area contributed by atoms with Crippen LogP contribution in [-0.4, -0.2) is 5.11 Å². The first-order chi connectivity index (χ1) is 6.56. The summed E-state index contributed by atoms with van der Waals surface area (Å²) in [5, 5.41) is 10.6. The van der Waals surface area contributed by atoms with E-state index in [2.05, 4.69) is 13.8 Å². The van der Waals surface area contributed by atoms with Gasteiger partial charge in [0.25, 0.3) is 0 Å². The Morgan fingerprint density at radius 2 is 1.86 bits per heavy atom. The predicted molar refractivity (Wildman–Crippen MR) is 61.4 cm³/mol. The number of rotatable bonds is 3. The molecule has 1 atom stereocenters. The van der Waals surface area contributed by atoms with Crippen LogP contribution < -0.4 is 0 Å². The number of phenols is 1. The fraction of sp³-hybridized carbons (Fsp3) is 0.455. The van der Waals surface area contributed by atoms with Crippen LogP contribution in [0.3, 0.4) is 0 Å². The Kier molecular flexibility index (Phi) is 4.09. The minimum absolute atomic E-state index is 0.236. The summed E-state index contributed by atoms with van der Waals surface area (Å²) < 4.78 is 0. The van der Waals surface area contributed by atoms with Crippen LogP contribution in [0, 0.1) is 0 Å². The van der Waals surface area contributed by atoms with Crippen LogP contribution >= 0.6 is 23.2 Å². The summed E-state index contributed by atoms with van der Waals surface area (Å²) in [7, 11) is 0. The standard InChI is InChI=1S/C11H14Cl2O/c1-3-4-7(2)8-5-9(12)10(13)6-11(8)14/h5-7,14H,3-4H2,1-2H3. The molecule has 1 N–H and O–H groups in total. The van der Waals surface area contributed by atoms with Crippen molar-refractivity contribution < 1.29 is 5.11 Å². The van der Waals surface area contributed by atoms with Crippen LogP contribution in [0.15, 0.2) is 12.1 Å². The van der Waals surface area contributed by atoms with E-state index in [4.69, 9.17) is 23.2 Å². The summed E-state index contributed by atoms with van der Waals surface area (Å²) in [6.45, 7) is 4.19. The van der Waals surface area contributed by atoms with Gasteiger partial charge < -0.3 is 5.11 Å². The first-order valence-electron chi connectivity index (χ1n) is 4.74. The summed E-state index contributed by atoms with van der Waals surface area (Å²) in [5.41, 5.74) is 0.876. The molecule has 0 aliphatic heterocycles. The van der Waals surface area contributed by atoms with E-state index in [1.807, 2.05) is 0 Å². The average molecular weight is 233 g/mol. The van der Waals surface area contributed by atoms with Gasteiger partial charge in [0.1, 0.15) is 5.75 Å². The average Bonchev–Trinajstić information content (AvgIpc) is 2.11. The Hall–Kier alpha value is -0.400. The molecule has 0 aliphatic carbocycles. The molecular weight excluding hydrogens is 219 g/mol. The molecule has 1 aromatic rings. The lowest BCUT2D eigenvalue weighted by atomic mass is 9.96. The molecule has 0 spiro atoms. The molecule has 0 bridgehead atoms. The van der Waals surface area contributed by atoms with E-state index < -0.39 is 0 Å². The molecule has 1 aromatic carbocycles. The van der Waals surface area contributed by atoms with Crippen LogP contribution in [0.25, 0.3) is 0 Å². The van der Waals surface area contributed by atoms with Gasteiger partial charge in [-0.3, -0.25) is 0 Å². The maximum atomic E-state index is 9.67. The molecule has 0 heterocycles. The van der Waals surface area contributed by atoms with E-state index in [-0.39, 0.29) is 5.75 Å². The third-order valence-corrected chi connectivity index (χ3v) is 3.04. The zero-order valence-electron chi connectivity index (χ0n) is 8.35. The van der Waals surface area contributed by atoms with Gasteiger partial charge in [-0.2, -0.15) is 0 Å². The molecule has 14 heavy (non-hydrogen) atoms. The Labute approximate surface area is 94.7 Å². The first-order valence-corrected chi connectivity index (χ1v) is 5.49. The van der Waals surface area contributed by atoms with Crippen LogP contribution in [0.4, 0.5) is 0 Å². The smallest absolute Gasteiger partial charge is 0.120 e. The summed E-state index contributed by atoms with van der Waals surface area (Å²) in [4.78, 5) is 0. The van der Waals surface area contributed by atoms with Crippen molar-refractivity contribution in [3.05, 3.63) is 27.7 Å². The quantitative estimate of drug-likeness (QED) is 0.808. The lowest BCUT2D eigenvalue weighted by molar-refractivity contribution is 0.460. The number of aromatic hydroxyl groups is 1. The predicted octanol–water partition coefficient (Wildman–Crippen LogP) is 4.60. The highest BCUT2D eigenvalue weighted by atomic mass is 35.5. The molecule has 1 unspecified atom stereocenters. The minimum atomic E-state index is 0.236. The SMILES string of the molecule is CCCC(C)c1cc(Cl)c(Cl)cc1O. The van der Waals surface area contributed by atoms with Crippen molar-refractivity contribution in [2.45, 2.75) is 32.6 Å². The topological polar surface area (TPSA) is 20.2 Å². The van der Waals surface area contributed by atoms with Crippen LogP contribution in [0.1, 0.15) is 38.2 Å². The molecule has 0 saturated heterocycles. The number of hydrogen-bond donors (Lipinski definition) is 1. The van der Waals surface area contributed by atoms with E-state index in [0.717, 1.165) is 18.4 Å². The summed E-state index contributed by atoms with van der Waals surface area (Å²) >= 11 is 11.7. The Balaban J connectivity index is 3.02. The third kappa shape index (κ3) is 2.55. The van der Waals surface area contributed by atoms with Crippen molar-refractivity contribution in [1.29, 1.82) is 0 Å². The molecule has 0 saturated carbocycles. The van der Waals surface area contributed by atoms with Crippen molar-refractivity contribution in [2.24, 2.45) is 0 Å². The van der Waals surface area contributed by atoms with E-state index >= 15 is 0 Å². The highest BCUT2D eigenvalue weighted by molar-refractivity contribution is 6.42. The Morgan fingerprint density at radius 1 is 1.29 bits per heavy atom. The van der Waals surface area contributed by atoms with E-state index in [1.165, 1.54) is 6.07 Å². The maximum Gasteiger partial charge on any atom is 0.120 e. The molecule has 0 amide bonds. The van der Waals surface area contributed by atoms with Crippen molar-refractivity contribution in [3.8, 4) is 5.75 Å². The fourth-order valence-corrected chi connectivity index (χ4v) is 1.86. The third-order valence-electron chi connectivity index (χ3n) is 2.32. The Morgan fingerprint density at radius 3 is 2.43 bits per heavy atom. The van der Waals surface area contributed by atoms with E-state index in [9.17, 15) is 5.11 Å². The van der Waals surface area contributed by atoms with Gasteiger partial charge in [-0.05, 0) is 24.0 Å². The molecule has 0 aromatic heterocycles. The zero-order valence-corrected chi connectivity index (χ0v) is 9.86. The number of halogens is 2. The second-order valence-electron chi connectivity index (χ2n) is 3.51. The zero-order chi connectivity index (χ0) is 10.7. The first kappa shape index (κ1) is 11.7. The van der Waals surface area contributed by atoms with Gasteiger partial charge in [-0.25, -0.2) is 0 Å². The van der Waals surface area contributed by atoms with Gasteiger partial charge in [-0.15, -0.1) is 0 Å². The molecule has 0 aliphatic rings. The van der Waals surface area contributed by atoms with Crippen LogP contribution in [0.5, 0.6) is 5.75 Å². The lowest BCUT2D eigenvalue weighted by Crippen LogP contribution is -1.93. The lowest BCUT2D eigenvalue weighted by Gasteiger charge is -2.13. The molecule has 0 fully saturated rings. The molecule has 0 radical (unpaired) electrons. The van der Waals surface area contributed by atoms with Gasteiger partial charge in [0.2, 0.25) is 0 Å². The Bertz CT molecular complexity index is 323. The van der Waals surface area contributed by atoms with Gasteiger partial charge in [-0.1, -0.05) is 43.5 Å². The highest BCUT2D eigenvalue weighted by Gasteiger charge is 2.12. The van der Waals surface area contributed by atoms with Crippen molar-refractivity contribution in [1.82, 2.24) is 0 Å². The minimum Gasteiger partial charge on any atom is -0.508 e. The maximum absolute atomic E-state index is 9.67. The fourth-order valence-electron chi connectivity index (χ4n) is 1.53. The van der Waals surface area contributed by atoms with Gasteiger partial charge in [0.15, 0.2) is 0 Å². The summed E-state index contributed by atoms with van der Waals surface area (Å²) in [6.07, 6.45) is 2.12. The molecular formula is C11H14Cl2O. The summed E-state index contributed by atoms with van der Waals surface area (Å²) in [6, 6.07) is 3.25. The van der Waals surface area contributed by atoms with E-state index in [0.29, 0.717) is 16.0 Å². The second kappa shape index (κ2) is 4.90. The summed E-state index contributed by atoms with van der Waals surface area (Å²) in [5.74, 6) is 0.551. The van der Waals surface area contributed by atoms with Crippen LogP contribution in [-0.2, 0) is 0 Å². The second-order valence-corrected chi connectivity index (χ2v) is 4.33. The van der Waals surface area contributed by atoms with E-state index in [1.54, 1.807) is 6.07 Å². The number of hydrogen-bond acceptors (Lipinski definition) is 1.